The molecule has 1 unspecified atom stereocenters. The molecule has 0 saturated carbocycles. The van der Waals surface area contributed by atoms with Gasteiger partial charge in [0.15, 0.2) is 0 Å². The van der Waals surface area contributed by atoms with Gasteiger partial charge in [0, 0.05) is 53.8 Å². The van der Waals surface area contributed by atoms with Crippen LogP contribution in [0.1, 0.15) is 39.8 Å². The first kappa shape index (κ1) is 23.5. The van der Waals surface area contributed by atoms with E-state index >= 15 is 0 Å². The summed E-state index contributed by atoms with van der Waals surface area (Å²) in [7, 11) is 0. The molecule has 2 aromatic rings. The van der Waals surface area contributed by atoms with E-state index in [1.807, 2.05) is 20.8 Å². The van der Waals surface area contributed by atoms with Gasteiger partial charge in [-0.3, -0.25) is 14.5 Å². The second-order valence-corrected chi connectivity index (χ2v) is 8.98. The summed E-state index contributed by atoms with van der Waals surface area (Å²) in [6, 6.07) is 5.28. The highest BCUT2D eigenvalue weighted by Gasteiger charge is 2.29. The molecular formula is C24H29ClN4O4. The van der Waals surface area contributed by atoms with E-state index in [9.17, 15) is 14.7 Å². The summed E-state index contributed by atoms with van der Waals surface area (Å²) < 4.78 is 5.32. The molecule has 33 heavy (non-hydrogen) atoms. The summed E-state index contributed by atoms with van der Waals surface area (Å²) in [5.74, 6) is -0.459. The van der Waals surface area contributed by atoms with Crippen LogP contribution in [-0.2, 0) is 9.53 Å². The monoisotopic (exact) mass is 472 g/mol. The number of β-amino-alcohol motifs (C(OH)–C–C–N with tert-alkyl or cyclic N) is 1. The van der Waals surface area contributed by atoms with Gasteiger partial charge in [-0.15, -0.1) is 0 Å². The van der Waals surface area contributed by atoms with Crippen LogP contribution in [0.25, 0.3) is 11.1 Å². The number of aromatic amines is 1. The lowest BCUT2D eigenvalue weighted by Crippen LogP contribution is -2.44. The van der Waals surface area contributed by atoms with E-state index in [0.29, 0.717) is 47.3 Å². The maximum Gasteiger partial charge on any atom is 0.256 e. The molecule has 3 heterocycles. The lowest BCUT2D eigenvalue weighted by molar-refractivity contribution is -0.110. The molecule has 0 spiro atoms. The molecule has 1 atom stereocenters. The van der Waals surface area contributed by atoms with Gasteiger partial charge in [-0.2, -0.15) is 0 Å². The van der Waals surface area contributed by atoms with Gasteiger partial charge in [0.05, 0.1) is 30.5 Å². The van der Waals surface area contributed by atoms with Crippen molar-refractivity contribution in [1.29, 1.82) is 0 Å². The highest BCUT2D eigenvalue weighted by Crippen LogP contribution is 2.39. The topological polar surface area (TPSA) is 107 Å². The van der Waals surface area contributed by atoms with Crippen LogP contribution in [0.2, 0.25) is 5.02 Å². The first-order valence-electron chi connectivity index (χ1n) is 11.0. The Morgan fingerprint density at radius 2 is 2.03 bits per heavy atom. The maximum atomic E-state index is 13.0. The first-order valence-corrected chi connectivity index (χ1v) is 11.4. The third-order valence-electron chi connectivity index (χ3n) is 6.21. The molecule has 1 aromatic carbocycles. The second-order valence-electron chi connectivity index (χ2n) is 8.55. The van der Waals surface area contributed by atoms with Gasteiger partial charge < -0.3 is 25.5 Å². The number of ether oxygens (including phenoxy) is 1. The Morgan fingerprint density at radius 3 is 2.76 bits per heavy atom. The summed E-state index contributed by atoms with van der Waals surface area (Å²) >= 11 is 6.16. The smallest absolute Gasteiger partial charge is 0.256 e. The van der Waals surface area contributed by atoms with Gasteiger partial charge in [0.2, 0.25) is 0 Å². The predicted octanol–water partition coefficient (Wildman–Crippen LogP) is 2.59. The Kier molecular flexibility index (Phi) is 6.90. The van der Waals surface area contributed by atoms with Crippen LogP contribution in [0.15, 0.2) is 18.2 Å². The van der Waals surface area contributed by atoms with Crippen molar-refractivity contribution in [1.82, 2.24) is 15.2 Å². The fourth-order valence-electron chi connectivity index (χ4n) is 4.55. The number of H-pyrrole nitrogens is 1. The van der Waals surface area contributed by atoms with Crippen molar-refractivity contribution in [2.75, 3.05) is 44.7 Å². The number of hydrogen-bond donors (Lipinski definition) is 4. The average Bonchev–Trinajstić information content (AvgIpc) is 3.26. The molecule has 9 heteroatoms. The van der Waals surface area contributed by atoms with Crippen LogP contribution in [0.4, 0.5) is 5.69 Å². The zero-order valence-electron chi connectivity index (χ0n) is 19.0. The van der Waals surface area contributed by atoms with Gasteiger partial charge >= 0.3 is 0 Å². The van der Waals surface area contributed by atoms with Gasteiger partial charge in [-0.25, -0.2) is 0 Å². The molecule has 0 bridgehead atoms. The largest absolute Gasteiger partial charge is 0.390 e. The summed E-state index contributed by atoms with van der Waals surface area (Å²) in [5.41, 5.74) is 5.43. The number of aliphatic hydroxyl groups is 1. The van der Waals surface area contributed by atoms with Gasteiger partial charge in [-0.05, 0) is 50.1 Å². The number of aryl methyl sites for hydroxylation is 1. The lowest BCUT2D eigenvalue weighted by Gasteiger charge is -2.28. The van der Waals surface area contributed by atoms with E-state index < -0.39 is 6.10 Å². The molecule has 2 aliphatic rings. The quantitative estimate of drug-likeness (QED) is 0.483. The molecule has 4 N–H and O–H groups in total. The summed E-state index contributed by atoms with van der Waals surface area (Å²) in [6.45, 7) is 9.06. The van der Waals surface area contributed by atoms with Crippen molar-refractivity contribution in [2.45, 2.75) is 26.9 Å². The summed E-state index contributed by atoms with van der Waals surface area (Å²) in [4.78, 5) is 31.0. The Morgan fingerprint density at radius 1 is 1.30 bits per heavy atom. The van der Waals surface area contributed by atoms with Crippen molar-refractivity contribution < 1.29 is 19.4 Å². The minimum absolute atomic E-state index is 0.157. The second kappa shape index (κ2) is 9.69. The van der Waals surface area contributed by atoms with Crippen molar-refractivity contribution >= 4 is 40.2 Å². The molecule has 176 valence electrons. The lowest BCUT2D eigenvalue weighted by atomic mass is 9.97. The van der Waals surface area contributed by atoms with E-state index in [4.69, 9.17) is 16.3 Å². The van der Waals surface area contributed by atoms with E-state index in [2.05, 4.69) is 20.5 Å². The molecule has 8 nitrogen and oxygen atoms in total. The SMILES string of the molecule is C/C(=C1/C(=O)Nc2ccc(Cl)cc21)c1[nH]c(C)c(C(=O)NCC(O)CN2CCOCC2)c1C. The van der Waals surface area contributed by atoms with Crippen LogP contribution in [-0.4, -0.2) is 72.3 Å². The zero-order chi connectivity index (χ0) is 23.7. The molecule has 0 radical (unpaired) electrons. The number of benzene rings is 1. The average molecular weight is 473 g/mol. The molecule has 1 fully saturated rings. The maximum absolute atomic E-state index is 13.0. The fourth-order valence-corrected chi connectivity index (χ4v) is 4.72. The predicted molar refractivity (Wildman–Crippen MR) is 128 cm³/mol. The van der Waals surface area contributed by atoms with Crippen LogP contribution in [0.5, 0.6) is 0 Å². The summed E-state index contributed by atoms with van der Waals surface area (Å²) in [5, 5.41) is 16.6. The molecule has 0 aliphatic carbocycles. The van der Waals surface area contributed by atoms with Crippen LogP contribution < -0.4 is 10.6 Å². The summed E-state index contributed by atoms with van der Waals surface area (Å²) in [6.07, 6.45) is -0.668. The van der Waals surface area contributed by atoms with Crippen LogP contribution >= 0.6 is 11.6 Å². The normalized spacial score (nSPS) is 18.6. The van der Waals surface area contributed by atoms with E-state index in [0.717, 1.165) is 35.5 Å². The van der Waals surface area contributed by atoms with Crippen molar-refractivity contribution in [3.8, 4) is 0 Å². The minimum atomic E-state index is -0.668. The van der Waals surface area contributed by atoms with E-state index in [1.165, 1.54) is 0 Å². The molecule has 2 amide bonds. The standard InChI is InChI=1S/C24H29ClN4O4/c1-13-20(23(31)26-11-17(30)12-29-6-8-33-9-7-29)15(3)27-22(13)14(2)21-18-10-16(25)4-5-19(18)28-24(21)32/h4-5,10,17,27,30H,6-9,11-12H2,1-3H3,(H,26,31)(H,28,32)/b21-14-. The highest BCUT2D eigenvalue weighted by molar-refractivity contribution is 6.38. The van der Waals surface area contributed by atoms with Crippen molar-refractivity contribution in [3.05, 3.63) is 51.3 Å². The number of nitrogens with one attached hydrogen (secondary N) is 3. The number of halogens is 1. The van der Waals surface area contributed by atoms with Gasteiger partial charge in [0.1, 0.15) is 0 Å². The number of aliphatic hydroxyl groups excluding tert-OH is 1. The number of morpholine rings is 1. The fraction of sp³-hybridized carbons (Fsp3) is 0.417. The van der Waals surface area contributed by atoms with E-state index in [1.54, 1.807) is 18.2 Å². The zero-order valence-corrected chi connectivity index (χ0v) is 19.8. The Balaban J connectivity index is 1.52. The first-order chi connectivity index (χ1) is 15.8. The van der Waals surface area contributed by atoms with Crippen molar-refractivity contribution in [3.63, 3.8) is 0 Å². The Hall–Kier alpha value is -2.65. The number of carbonyl (C=O) groups is 2. The number of nitrogens with zero attached hydrogens (tertiary/aromatic N) is 1. The van der Waals surface area contributed by atoms with Crippen LogP contribution in [0, 0.1) is 13.8 Å². The van der Waals surface area contributed by atoms with Gasteiger partial charge in [0.25, 0.3) is 11.8 Å². The number of hydrogen-bond acceptors (Lipinski definition) is 5. The highest BCUT2D eigenvalue weighted by atomic mass is 35.5. The molecular weight excluding hydrogens is 444 g/mol. The molecule has 1 aromatic heterocycles. The Bertz CT molecular complexity index is 1120. The number of allylic oxidation sites excluding steroid dienone is 1. The number of rotatable bonds is 6. The van der Waals surface area contributed by atoms with Crippen molar-refractivity contribution in [2.24, 2.45) is 0 Å². The minimum Gasteiger partial charge on any atom is -0.390 e. The van der Waals surface area contributed by atoms with E-state index in [-0.39, 0.29) is 18.4 Å². The number of fused-ring (bicyclic) bond motifs is 1. The van der Waals surface area contributed by atoms with Crippen LogP contribution in [0.3, 0.4) is 0 Å². The molecule has 1 saturated heterocycles. The number of carbonyl (C=O) groups excluding carboxylic acids is 2. The molecule has 2 aliphatic heterocycles. The number of anilines is 1. The van der Waals surface area contributed by atoms with Gasteiger partial charge in [-0.1, -0.05) is 11.6 Å². The number of amides is 2. The third kappa shape index (κ3) is 4.84. The Labute approximate surface area is 197 Å². The third-order valence-corrected chi connectivity index (χ3v) is 6.45. The number of aromatic nitrogens is 1. The molecule has 4 rings (SSSR count).